The predicted molar refractivity (Wildman–Crippen MR) is 124 cm³/mol. The number of nitrogens with zero attached hydrogens (tertiary/aromatic N) is 3. The normalized spacial score (nSPS) is 18.0. The van der Waals surface area contributed by atoms with Crippen molar-refractivity contribution in [2.45, 2.75) is 46.7 Å². The smallest absolute Gasteiger partial charge is 0.236 e. The Morgan fingerprint density at radius 1 is 0.867 bits per heavy atom. The van der Waals surface area contributed by atoms with E-state index in [4.69, 9.17) is 0 Å². The van der Waals surface area contributed by atoms with E-state index in [1.54, 1.807) is 0 Å². The van der Waals surface area contributed by atoms with Gasteiger partial charge in [0.05, 0.1) is 6.54 Å². The van der Waals surface area contributed by atoms with Crippen LogP contribution in [-0.2, 0) is 17.8 Å². The maximum atomic E-state index is 12.8. The van der Waals surface area contributed by atoms with Crippen molar-refractivity contribution >= 4 is 5.91 Å². The first-order valence-corrected chi connectivity index (χ1v) is 11.3. The first-order valence-electron chi connectivity index (χ1n) is 11.3. The summed E-state index contributed by atoms with van der Waals surface area (Å²) in [5.41, 5.74) is 8.06. The average Bonchev–Trinajstić information content (AvgIpc) is 2.75. The molecule has 4 heteroatoms. The lowest BCUT2D eigenvalue weighted by Gasteiger charge is -2.38. The maximum Gasteiger partial charge on any atom is 0.236 e. The molecule has 2 aromatic rings. The van der Waals surface area contributed by atoms with Crippen LogP contribution in [0.1, 0.15) is 36.1 Å². The predicted octanol–water partition coefficient (Wildman–Crippen LogP) is 3.88. The van der Waals surface area contributed by atoms with Crippen LogP contribution in [-0.4, -0.2) is 65.9 Å². The van der Waals surface area contributed by atoms with Gasteiger partial charge in [0, 0.05) is 45.3 Å². The van der Waals surface area contributed by atoms with Gasteiger partial charge in [0.25, 0.3) is 0 Å². The highest BCUT2D eigenvalue weighted by Gasteiger charge is 2.25. The average molecular weight is 406 g/mol. The molecule has 0 unspecified atom stereocenters. The molecule has 0 radical (unpaired) electrons. The molecule has 4 rings (SSSR count). The number of piperazine rings is 1. The third-order valence-corrected chi connectivity index (χ3v) is 6.89. The third-order valence-electron chi connectivity index (χ3n) is 6.89. The zero-order valence-electron chi connectivity index (χ0n) is 18.9. The summed E-state index contributed by atoms with van der Waals surface area (Å²) in [6, 6.07) is 14.1. The Balaban J connectivity index is 1.37. The lowest BCUT2D eigenvalue weighted by molar-refractivity contribution is -0.134. The number of hydrogen-bond donors (Lipinski definition) is 0. The molecule has 0 atom stereocenters. The van der Waals surface area contributed by atoms with E-state index in [1.165, 1.54) is 33.4 Å². The summed E-state index contributed by atoms with van der Waals surface area (Å²) in [6.45, 7) is 14.9. The molecular weight excluding hydrogens is 370 g/mol. The lowest BCUT2D eigenvalue weighted by Crippen LogP contribution is -2.53. The molecule has 1 fully saturated rings. The Morgan fingerprint density at radius 2 is 1.57 bits per heavy atom. The number of carbonyl (C=O) groups excluding carboxylic acids is 1. The summed E-state index contributed by atoms with van der Waals surface area (Å²) < 4.78 is 0. The van der Waals surface area contributed by atoms with Crippen LogP contribution in [0, 0.1) is 13.8 Å². The first kappa shape index (κ1) is 21.1. The van der Waals surface area contributed by atoms with Gasteiger partial charge < -0.3 is 4.90 Å². The van der Waals surface area contributed by atoms with E-state index in [2.05, 4.69) is 78.8 Å². The Kier molecular flexibility index (Phi) is 6.26. The molecule has 0 aliphatic carbocycles. The fourth-order valence-electron chi connectivity index (χ4n) is 4.63. The summed E-state index contributed by atoms with van der Waals surface area (Å²) in [7, 11) is 0. The topological polar surface area (TPSA) is 26.8 Å². The Hall–Kier alpha value is -2.17. The van der Waals surface area contributed by atoms with Crippen molar-refractivity contribution in [1.29, 1.82) is 0 Å². The third kappa shape index (κ3) is 4.60. The van der Waals surface area contributed by atoms with Gasteiger partial charge in [0.15, 0.2) is 0 Å². The second kappa shape index (κ2) is 8.91. The minimum atomic E-state index is 0.286. The molecule has 0 N–H and O–H groups in total. The van der Waals surface area contributed by atoms with Gasteiger partial charge in [-0.25, -0.2) is 0 Å². The lowest BCUT2D eigenvalue weighted by atomic mass is 9.93. The number of rotatable bonds is 4. The van der Waals surface area contributed by atoms with Crippen LogP contribution in [0.5, 0.6) is 0 Å². The molecule has 2 aliphatic rings. The van der Waals surface area contributed by atoms with Crippen molar-refractivity contribution in [2.24, 2.45) is 0 Å². The number of benzene rings is 2. The van der Waals surface area contributed by atoms with Gasteiger partial charge >= 0.3 is 0 Å². The van der Waals surface area contributed by atoms with Crippen LogP contribution in [0.4, 0.5) is 0 Å². The first-order chi connectivity index (χ1) is 14.4. The van der Waals surface area contributed by atoms with Gasteiger partial charge in [0.1, 0.15) is 0 Å². The largest absolute Gasteiger partial charge is 0.339 e. The zero-order chi connectivity index (χ0) is 21.3. The van der Waals surface area contributed by atoms with E-state index in [9.17, 15) is 4.79 Å². The summed E-state index contributed by atoms with van der Waals surface area (Å²) in [5, 5.41) is 0. The highest BCUT2D eigenvalue weighted by atomic mass is 16.2. The summed E-state index contributed by atoms with van der Waals surface area (Å²) in [4.78, 5) is 19.6. The molecule has 30 heavy (non-hydrogen) atoms. The molecule has 0 bridgehead atoms. The van der Waals surface area contributed by atoms with Gasteiger partial charge in [-0.3, -0.25) is 14.6 Å². The summed E-state index contributed by atoms with van der Waals surface area (Å²) in [6.07, 6.45) is 1.02. The van der Waals surface area contributed by atoms with Crippen molar-refractivity contribution < 1.29 is 4.79 Å². The molecular formula is C26H35N3O. The molecule has 2 heterocycles. The minimum absolute atomic E-state index is 0.286. The molecule has 160 valence electrons. The van der Waals surface area contributed by atoms with Crippen molar-refractivity contribution in [3.05, 3.63) is 58.7 Å². The highest BCUT2D eigenvalue weighted by Crippen LogP contribution is 2.27. The van der Waals surface area contributed by atoms with Crippen molar-refractivity contribution in [3.63, 3.8) is 0 Å². The minimum Gasteiger partial charge on any atom is -0.339 e. The molecule has 2 aromatic carbocycles. The molecule has 1 amide bonds. The summed E-state index contributed by atoms with van der Waals surface area (Å²) >= 11 is 0. The van der Waals surface area contributed by atoms with Crippen LogP contribution in [0.25, 0.3) is 11.1 Å². The van der Waals surface area contributed by atoms with Gasteiger partial charge in [-0.05, 0) is 67.5 Å². The van der Waals surface area contributed by atoms with E-state index in [0.717, 1.165) is 45.7 Å². The number of carbonyl (C=O) groups is 1. The number of amides is 1. The van der Waals surface area contributed by atoms with Gasteiger partial charge in [-0.15, -0.1) is 0 Å². The van der Waals surface area contributed by atoms with Crippen LogP contribution < -0.4 is 0 Å². The SMILES string of the molecule is Cc1ccc(-c2ccc3c(c2)CCN(CC(=O)N2CCN(C(C)C)CC2)C3)cc1C. The molecule has 1 saturated heterocycles. The molecule has 0 saturated carbocycles. The molecule has 2 aliphatic heterocycles. The van der Waals surface area contributed by atoms with Crippen molar-refractivity contribution in [2.75, 3.05) is 39.3 Å². The van der Waals surface area contributed by atoms with E-state index in [0.29, 0.717) is 12.6 Å². The van der Waals surface area contributed by atoms with E-state index >= 15 is 0 Å². The van der Waals surface area contributed by atoms with Crippen LogP contribution in [0.2, 0.25) is 0 Å². The fourth-order valence-corrected chi connectivity index (χ4v) is 4.63. The number of aryl methyl sites for hydroxylation is 2. The molecule has 0 spiro atoms. The van der Waals surface area contributed by atoms with E-state index < -0.39 is 0 Å². The second-order valence-corrected chi connectivity index (χ2v) is 9.25. The zero-order valence-corrected chi connectivity index (χ0v) is 18.9. The van der Waals surface area contributed by atoms with Gasteiger partial charge in [-0.1, -0.05) is 36.4 Å². The van der Waals surface area contributed by atoms with Gasteiger partial charge in [-0.2, -0.15) is 0 Å². The maximum absolute atomic E-state index is 12.8. The summed E-state index contributed by atoms with van der Waals surface area (Å²) in [5.74, 6) is 0.286. The van der Waals surface area contributed by atoms with E-state index in [-0.39, 0.29) is 5.91 Å². The Bertz CT molecular complexity index is 912. The van der Waals surface area contributed by atoms with Crippen LogP contribution in [0.15, 0.2) is 36.4 Å². The van der Waals surface area contributed by atoms with Crippen LogP contribution >= 0.6 is 0 Å². The van der Waals surface area contributed by atoms with E-state index in [1.807, 2.05) is 0 Å². The van der Waals surface area contributed by atoms with Crippen molar-refractivity contribution in [1.82, 2.24) is 14.7 Å². The molecule has 4 nitrogen and oxygen atoms in total. The Morgan fingerprint density at radius 3 is 2.27 bits per heavy atom. The monoisotopic (exact) mass is 405 g/mol. The number of hydrogen-bond acceptors (Lipinski definition) is 3. The number of fused-ring (bicyclic) bond motifs is 1. The quantitative estimate of drug-likeness (QED) is 0.772. The Labute approximate surface area is 181 Å². The van der Waals surface area contributed by atoms with Gasteiger partial charge in [0.2, 0.25) is 5.91 Å². The second-order valence-electron chi connectivity index (χ2n) is 9.25. The standard InChI is InChI=1S/C26H35N3O/c1-19(2)28-11-13-29(14-12-28)26(30)18-27-10-9-24-16-23(7-8-25(24)17-27)22-6-5-20(3)21(4)15-22/h5-8,15-16,19H,9-14,17-18H2,1-4H3. The fraction of sp³-hybridized carbons (Fsp3) is 0.500. The van der Waals surface area contributed by atoms with Crippen molar-refractivity contribution in [3.8, 4) is 11.1 Å². The molecule has 0 aromatic heterocycles. The highest BCUT2D eigenvalue weighted by molar-refractivity contribution is 5.78. The van der Waals surface area contributed by atoms with Crippen LogP contribution in [0.3, 0.4) is 0 Å².